The molecule has 6 atom stereocenters. The first-order valence-corrected chi connectivity index (χ1v) is 12.3. The molecule has 12 nitrogen and oxygen atoms in total. The number of benzene rings is 2. The van der Waals surface area contributed by atoms with Gasteiger partial charge in [0, 0.05) is 37.3 Å². The van der Waals surface area contributed by atoms with E-state index in [4.69, 9.17) is 9.47 Å². The Labute approximate surface area is 218 Å². The van der Waals surface area contributed by atoms with Crippen LogP contribution >= 0.6 is 0 Å². The average Bonchev–Trinajstić information content (AvgIpc) is 3.79. The fourth-order valence-corrected chi connectivity index (χ4v) is 5.48. The Bertz CT molecular complexity index is 1250. The van der Waals surface area contributed by atoms with Crippen molar-refractivity contribution in [2.24, 2.45) is 0 Å². The second-order valence-electron chi connectivity index (χ2n) is 10.5. The number of nitrogens with zero attached hydrogens (tertiary/aromatic N) is 4. The fraction of sp³-hybridized carbons (Fsp3) is 0.462. The molecule has 3 heterocycles. The number of amides is 2. The summed E-state index contributed by atoms with van der Waals surface area (Å²) in [6.45, 7) is 7.38. The number of ether oxygens (including phenoxy) is 2. The van der Waals surface area contributed by atoms with Crippen LogP contribution in [0.15, 0.2) is 48.5 Å². The number of para-hydroxylation sites is 2. The number of carbonyl (C=O) groups is 2. The molecule has 3 aliphatic heterocycles. The number of nitro benzene ring substituents is 2. The lowest BCUT2D eigenvalue weighted by Crippen LogP contribution is -2.62. The van der Waals surface area contributed by atoms with Crippen LogP contribution in [0, 0.1) is 20.2 Å². The molecule has 0 bridgehead atoms. The van der Waals surface area contributed by atoms with Crippen LogP contribution in [0.3, 0.4) is 0 Å². The van der Waals surface area contributed by atoms with E-state index >= 15 is 0 Å². The van der Waals surface area contributed by atoms with E-state index in [0.29, 0.717) is 11.1 Å². The van der Waals surface area contributed by atoms with E-state index in [1.807, 2.05) is 13.8 Å². The number of nitro groups is 2. The van der Waals surface area contributed by atoms with Gasteiger partial charge in [-0.05, 0) is 39.8 Å². The molecular weight excluding hydrogens is 496 g/mol. The van der Waals surface area contributed by atoms with Gasteiger partial charge < -0.3 is 19.3 Å². The highest BCUT2D eigenvalue weighted by molar-refractivity contribution is 5.91. The summed E-state index contributed by atoms with van der Waals surface area (Å²) in [4.78, 5) is 52.4. The van der Waals surface area contributed by atoms with Crippen LogP contribution in [-0.2, 0) is 19.1 Å². The van der Waals surface area contributed by atoms with Crippen molar-refractivity contribution in [3.8, 4) is 0 Å². The van der Waals surface area contributed by atoms with Gasteiger partial charge in [0.25, 0.3) is 23.2 Å². The Kier molecular flexibility index (Phi) is 5.99. The van der Waals surface area contributed by atoms with Crippen molar-refractivity contribution >= 4 is 23.2 Å². The third-order valence-electron chi connectivity index (χ3n) is 7.80. The van der Waals surface area contributed by atoms with E-state index < -0.39 is 33.3 Å². The third-order valence-corrected chi connectivity index (χ3v) is 7.80. The summed E-state index contributed by atoms with van der Waals surface area (Å²) in [5.41, 5.74) is -1.98. The van der Waals surface area contributed by atoms with Gasteiger partial charge in [-0.1, -0.05) is 24.3 Å². The molecule has 0 aliphatic carbocycles. The number of hydrogen-bond donors (Lipinski definition) is 0. The van der Waals surface area contributed by atoms with Crippen molar-refractivity contribution in [3.63, 3.8) is 0 Å². The molecule has 0 radical (unpaired) electrons. The molecule has 0 saturated carbocycles. The lowest BCUT2D eigenvalue weighted by molar-refractivity contribution is -0.385. The predicted octanol–water partition coefficient (Wildman–Crippen LogP) is 3.31. The second-order valence-corrected chi connectivity index (χ2v) is 10.5. The van der Waals surface area contributed by atoms with Crippen LogP contribution < -0.4 is 0 Å². The Balaban J connectivity index is 1.29. The van der Waals surface area contributed by atoms with Crippen LogP contribution in [0.5, 0.6) is 0 Å². The standard InChI is InChI=1S/C26H28N4O8/c1-15-13-28(24(32)26(4)22(38-26)18-10-6-8-12-20(18)30(35)36)16(2)14-27(15)23(31)25(3)21(37-25)17-9-5-7-11-19(17)29(33)34/h5-12,15-16,21-22H,13-14H2,1-4H3/t15-,16-,21+,22+,25-,26-/m0/s1. The molecule has 0 unspecified atom stereocenters. The zero-order chi connectivity index (χ0) is 27.6. The summed E-state index contributed by atoms with van der Waals surface area (Å²) in [6.07, 6.45) is -1.47. The molecule has 3 fully saturated rings. The van der Waals surface area contributed by atoms with Gasteiger partial charge in [0.2, 0.25) is 0 Å². The van der Waals surface area contributed by atoms with Crippen molar-refractivity contribution in [2.75, 3.05) is 13.1 Å². The van der Waals surface area contributed by atoms with E-state index in [1.54, 1.807) is 60.0 Å². The molecule has 0 spiro atoms. The number of carbonyl (C=O) groups excluding carboxylic acids is 2. The molecular formula is C26H28N4O8. The highest BCUT2D eigenvalue weighted by atomic mass is 16.6. The van der Waals surface area contributed by atoms with Gasteiger partial charge in [-0.3, -0.25) is 29.8 Å². The first-order chi connectivity index (χ1) is 17.9. The molecule has 200 valence electrons. The minimum Gasteiger partial charge on any atom is -0.351 e. The van der Waals surface area contributed by atoms with Gasteiger partial charge in [0.15, 0.2) is 11.2 Å². The molecule has 38 heavy (non-hydrogen) atoms. The van der Waals surface area contributed by atoms with E-state index in [2.05, 4.69) is 0 Å². The minimum absolute atomic E-state index is 0.100. The first kappa shape index (κ1) is 25.7. The molecule has 0 N–H and O–H groups in total. The summed E-state index contributed by atoms with van der Waals surface area (Å²) in [5, 5.41) is 22.9. The van der Waals surface area contributed by atoms with Gasteiger partial charge in [-0.15, -0.1) is 0 Å². The van der Waals surface area contributed by atoms with E-state index in [1.165, 1.54) is 12.1 Å². The smallest absolute Gasteiger partial charge is 0.275 e. The molecule has 12 heteroatoms. The predicted molar refractivity (Wildman–Crippen MR) is 133 cm³/mol. The number of rotatable bonds is 6. The number of hydrogen-bond acceptors (Lipinski definition) is 8. The minimum atomic E-state index is -1.24. The molecule has 0 aromatic heterocycles. The van der Waals surface area contributed by atoms with Crippen molar-refractivity contribution < 1.29 is 28.9 Å². The number of epoxide rings is 2. The van der Waals surface area contributed by atoms with Gasteiger partial charge in [0.1, 0.15) is 12.2 Å². The van der Waals surface area contributed by atoms with Crippen molar-refractivity contribution in [1.82, 2.24) is 9.80 Å². The van der Waals surface area contributed by atoms with Gasteiger partial charge in [-0.25, -0.2) is 0 Å². The zero-order valence-electron chi connectivity index (χ0n) is 21.4. The highest BCUT2D eigenvalue weighted by Crippen LogP contribution is 2.54. The Morgan fingerprint density at radius 1 is 0.763 bits per heavy atom. The van der Waals surface area contributed by atoms with Crippen LogP contribution in [0.1, 0.15) is 51.0 Å². The summed E-state index contributed by atoms with van der Waals surface area (Å²) in [5.74, 6) is -0.586. The van der Waals surface area contributed by atoms with Gasteiger partial charge in [0.05, 0.1) is 21.0 Å². The van der Waals surface area contributed by atoms with Crippen LogP contribution in [-0.4, -0.2) is 67.8 Å². The summed E-state index contributed by atoms with van der Waals surface area (Å²) >= 11 is 0. The topological polar surface area (TPSA) is 152 Å². The van der Waals surface area contributed by atoms with Crippen molar-refractivity contribution in [3.05, 3.63) is 79.9 Å². The third kappa shape index (κ3) is 4.00. The van der Waals surface area contributed by atoms with Gasteiger partial charge in [-0.2, -0.15) is 0 Å². The van der Waals surface area contributed by atoms with E-state index in [-0.39, 0.29) is 48.4 Å². The van der Waals surface area contributed by atoms with E-state index in [0.717, 1.165) is 0 Å². The molecule has 2 amide bonds. The lowest BCUT2D eigenvalue weighted by Gasteiger charge is -2.45. The molecule has 3 saturated heterocycles. The zero-order valence-corrected chi connectivity index (χ0v) is 21.4. The largest absolute Gasteiger partial charge is 0.351 e. The molecule has 2 aromatic rings. The van der Waals surface area contributed by atoms with Crippen molar-refractivity contribution in [1.29, 1.82) is 0 Å². The normalized spacial score (nSPS) is 32.0. The van der Waals surface area contributed by atoms with Crippen molar-refractivity contribution in [2.45, 2.75) is 63.2 Å². The summed E-state index contributed by atoms with van der Waals surface area (Å²) < 4.78 is 11.5. The highest BCUT2D eigenvalue weighted by Gasteiger charge is 2.65. The molecule has 3 aliphatic rings. The summed E-state index contributed by atoms with van der Waals surface area (Å²) in [6, 6.07) is 11.7. The van der Waals surface area contributed by atoms with E-state index in [9.17, 15) is 29.8 Å². The maximum absolute atomic E-state index is 13.6. The number of piperazine rings is 1. The monoisotopic (exact) mass is 524 g/mol. The quantitative estimate of drug-likeness (QED) is 0.317. The first-order valence-electron chi connectivity index (χ1n) is 12.3. The summed E-state index contributed by atoms with van der Waals surface area (Å²) in [7, 11) is 0. The van der Waals surface area contributed by atoms with Crippen LogP contribution in [0.25, 0.3) is 0 Å². The maximum Gasteiger partial charge on any atom is 0.275 e. The Hall–Kier alpha value is -3.90. The van der Waals surface area contributed by atoms with Crippen LogP contribution in [0.4, 0.5) is 11.4 Å². The SMILES string of the molecule is C[C@H]1CN(C(=O)[C@@]2(C)O[C@@H]2c2ccccc2[N+](=O)[O-])[C@@H](C)CN1C(=O)[C@@]1(C)O[C@@H]1c1ccccc1[N+](=O)[O-]. The Morgan fingerprint density at radius 3 is 1.45 bits per heavy atom. The fourth-order valence-electron chi connectivity index (χ4n) is 5.48. The maximum atomic E-state index is 13.6. The Morgan fingerprint density at radius 2 is 1.11 bits per heavy atom. The van der Waals surface area contributed by atoms with Crippen LogP contribution in [0.2, 0.25) is 0 Å². The van der Waals surface area contributed by atoms with Gasteiger partial charge >= 0.3 is 0 Å². The second kappa shape index (κ2) is 8.84. The average molecular weight is 525 g/mol. The molecule has 2 aromatic carbocycles. The lowest BCUT2D eigenvalue weighted by atomic mass is 9.95. The molecule has 5 rings (SSSR count).